The Balaban J connectivity index is 2.91. The highest BCUT2D eigenvalue weighted by molar-refractivity contribution is 5.51. The van der Waals surface area contributed by atoms with E-state index in [1.807, 2.05) is 0 Å². The van der Waals surface area contributed by atoms with Gasteiger partial charge in [-0.05, 0) is 30.7 Å². The Bertz CT molecular complexity index is 257. The average molecular weight is 151 g/mol. The van der Waals surface area contributed by atoms with Crippen LogP contribution >= 0.6 is 0 Å². The predicted molar refractivity (Wildman–Crippen MR) is 44.2 cm³/mol. The zero-order valence-electron chi connectivity index (χ0n) is 6.34. The first-order valence-corrected chi connectivity index (χ1v) is 3.38. The summed E-state index contributed by atoms with van der Waals surface area (Å²) in [7, 11) is 0. The molecule has 0 fully saturated rings. The van der Waals surface area contributed by atoms with E-state index in [0.29, 0.717) is 0 Å². The largest absolute Gasteiger partial charge is 0.402 e. The van der Waals surface area contributed by atoms with Gasteiger partial charge in [0.05, 0.1) is 0 Å². The molecule has 0 amide bonds. The van der Waals surface area contributed by atoms with Gasteiger partial charge in [0.15, 0.2) is 0 Å². The fraction of sp³-hybridized carbons (Fsp3) is 0.111. The van der Waals surface area contributed by atoms with E-state index in [-0.39, 0.29) is 5.82 Å². The summed E-state index contributed by atoms with van der Waals surface area (Å²) in [6, 6.07) is 6.20. The van der Waals surface area contributed by atoms with Gasteiger partial charge in [0.1, 0.15) is 5.82 Å². The number of allylic oxidation sites excluding steroid dienone is 1. The third-order valence-electron chi connectivity index (χ3n) is 1.26. The van der Waals surface area contributed by atoms with Gasteiger partial charge in [-0.1, -0.05) is 12.1 Å². The number of hydrogen-bond donors (Lipinski definition) is 1. The van der Waals surface area contributed by atoms with Crippen LogP contribution in [0, 0.1) is 5.82 Å². The van der Waals surface area contributed by atoms with E-state index in [1.54, 1.807) is 25.1 Å². The number of benzene rings is 1. The topological polar surface area (TPSA) is 26.0 Å². The molecule has 0 bridgehead atoms. The van der Waals surface area contributed by atoms with Gasteiger partial charge in [-0.15, -0.1) is 0 Å². The molecule has 0 radical (unpaired) electrons. The van der Waals surface area contributed by atoms with Crippen molar-refractivity contribution in [1.29, 1.82) is 0 Å². The number of nitrogens with two attached hydrogens (primary N) is 1. The van der Waals surface area contributed by atoms with Gasteiger partial charge >= 0.3 is 0 Å². The average Bonchev–Trinajstić information content (AvgIpc) is 1.93. The Kier molecular flexibility index (Phi) is 2.26. The van der Waals surface area contributed by atoms with Crippen molar-refractivity contribution < 1.29 is 4.39 Å². The van der Waals surface area contributed by atoms with Crippen LogP contribution in [0.25, 0.3) is 6.08 Å². The van der Waals surface area contributed by atoms with Crippen molar-refractivity contribution in [1.82, 2.24) is 0 Å². The molecule has 0 atom stereocenters. The van der Waals surface area contributed by atoms with E-state index in [4.69, 9.17) is 5.73 Å². The Labute approximate surface area is 65.3 Å². The van der Waals surface area contributed by atoms with Crippen LogP contribution in [0.1, 0.15) is 12.5 Å². The van der Waals surface area contributed by atoms with Gasteiger partial charge < -0.3 is 5.73 Å². The summed E-state index contributed by atoms with van der Waals surface area (Å²) in [5.41, 5.74) is 7.07. The van der Waals surface area contributed by atoms with Crippen molar-refractivity contribution in [3.8, 4) is 0 Å². The standard InChI is InChI=1S/C9H10FN/c1-7(11)6-8-2-4-9(10)5-3-8/h2-6H,11H2,1H3/b7-6+. The Morgan fingerprint density at radius 2 is 1.91 bits per heavy atom. The van der Waals surface area contributed by atoms with E-state index in [1.165, 1.54) is 12.1 Å². The van der Waals surface area contributed by atoms with Crippen molar-refractivity contribution in [3.63, 3.8) is 0 Å². The van der Waals surface area contributed by atoms with E-state index in [9.17, 15) is 4.39 Å². The molecule has 1 rings (SSSR count). The van der Waals surface area contributed by atoms with E-state index < -0.39 is 0 Å². The first-order chi connectivity index (χ1) is 5.18. The summed E-state index contributed by atoms with van der Waals surface area (Å²) < 4.78 is 12.4. The highest BCUT2D eigenvalue weighted by Crippen LogP contribution is 2.05. The van der Waals surface area contributed by atoms with Crippen LogP contribution in [-0.4, -0.2) is 0 Å². The minimum absolute atomic E-state index is 0.225. The smallest absolute Gasteiger partial charge is 0.123 e. The highest BCUT2D eigenvalue weighted by atomic mass is 19.1. The summed E-state index contributed by atoms with van der Waals surface area (Å²) in [5, 5.41) is 0. The molecule has 0 saturated carbocycles. The normalized spacial score (nSPS) is 11.6. The van der Waals surface area contributed by atoms with Crippen LogP contribution in [0.15, 0.2) is 30.0 Å². The maximum absolute atomic E-state index is 12.4. The molecule has 0 saturated heterocycles. The quantitative estimate of drug-likeness (QED) is 0.653. The number of rotatable bonds is 1. The summed E-state index contributed by atoms with van der Waals surface area (Å²) in [5.74, 6) is -0.225. The Hall–Kier alpha value is -1.31. The molecule has 58 valence electrons. The predicted octanol–water partition coefficient (Wildman–Crippen LogP) is 2.15. The summed E-state index contributed by atoms with van der Waals surface area (Å²) in [6.07, 6.45) is 1.79. The minimum atomic E-state index is -0.225. The summed E-state index contributed by atoms with van der Waals surface area (Å²) in [6.45, 7) is 1.79. The number of halogens is 1. The van der Waals surface area contributed by atoms with Crippen molar-refractivity contribution in [3.05, 3.63) is 41.3 Å². The molecular formula is C9H10FN. The zero-order valence-corrected chi connectivity index (χ0v) is 6.34. The minimum Gasteiger partial charge on any atom is -0.402 e. The highest BCUT2D eigenvalue weighted by Gasteiger charge is 1.88. The lowest BCUT2D eigenvalue weighted by molar-refractivity contribution is 0.628. The van der Waals surface area contributed by atoms with Crippen LogP contribution in [0.4, 0.5) is 4.39 Å². The molecule has 0 aromatic heterocycles. The fourth-order valence-corrected chi connectivity index (χ4v) is 0.822. The second kappa shape index (κ2) is 3.19. The van der Waals surface area contributed by atoms with Gasteiger partial charge in [0.2, 0.25) is 0 Å². The molecule has 0 unspecified atom stereocenters. The number of hydrogen-bond acceptors (Lipinski definition) is 1. The van der Waals surface area contributed by atoms with E-state index >= 15 is 0 Å². The molecule has 11 heavy (non-hydrogen) atoms. The van der Waals surface area contributed by atoms with Gasteiger partial charge in [-0.2, -0.15) is 0 Å². The van der Waals surface area contributed by atoms with Crippen molar-refractivity contribution >= 4 is 6.08 Å². The first-order valence-electron chi connectivity index (χ1n) is 3.38. The Morgan fingerprint density at radius 3 is 2.36 bits per heavy atom. The molecule has 2 heteroatoms. The second-order valence-corrected chi connectivity index (χ2v) is 2.44. The molecule has 1 nitrogen and oxygen atoms in total. The van der Waals surface area contributed by atoms with Crippen molar-refractivity contribution in [2.75, 3.05) is 0 Å². The molecule has 1 aromatic carbocycles. The second-order valence-electron chi connectivity index (χ2n) is 2.44. The molecule has 1 aromatic rings. The molecular weight excluding hydrogens is 141 g/mol. The maximum atomic E-state index is 12.4. The molecule has 2 N–H and O–H groups in total. The van der Waals surface area contributed by atoms with Crippen molar-refractivity contribution in [2.24, 2.45) is 5.73 Å². The van der Waals surface area contributed by atoms with Crippen LogP contribution in [0.3, 0.4) is 0 Å². The Morgan fingerprint density at radius 1 is 1.36 bits per heavy atom. The molecule has 0 heterocycles. The summed E-state index contributed by atoms with van der Waals surface area (Å²) >= 11 is 0. The van der Waals surface area contributed by atoms with Gasteiger partial charge in [-0.3, -0.25) is 0 Å². The van der Waals surface area contributed by atoms with E-state index in [2.05, 4.69) is 0 Å². The SMILES string of the molecule is C/C(N)=C\c1ccc(F)cc1. The first kappa shape index (κ1) is 7.79. The zero-order chi connectivity index (χ0) is 8.27. The maximum Gasteiger partial charge on any atom is 0.123 e. The molecule has 0 aliphatic rings. The lowest BCUT2D eigenvalue weighted by Gasteiger charge is -1.93. The van der Waals surface area contributed by atoms with Crippen LogP contribution in [0.2, 0.25) is 0 Å². The van der Waals surface area contributed by atoms with Crippen LogP contribution in [0.5, 0.6) is 0 Å². The molecule has 0 aliphatic carbocycles. The lowest BCUT2D eigenvalue weighted by atomic mass is 10.2. The third kappa shape index (κ3) is 2.42. The third-order valence-corrected chi connectivity index (χ3v) is 1.26. The van der Waals surface area contributed by atoms with Crippen LogP contribution in [-0.2, 0) is 0 Å². The molecule has 0 spiro atoms. The van der Waals surface area contributed by atoms with Gasteiger partial charge in [0, 0.05) is 5.70 Å². The van der Waals surface area contributed by atoms with Crippen molar-refractivity contribution in [2.45, 2.75) is 6.92 Å². The summed E-state index contributed by atoms with van der Waals surface area (Å²) in [4.78, 5) is 0. The molecule has 0 aliphatic heterocycles. The van der Waals surface area contributed by atoms with Gasteiger partial charge in [-0.25, -0.2) is 4.39 Å². The lowest BCUT2D eigenvalue weighted by Crippen LogP contribution is -1.89. The monoisotopic (exact) mass is 151 g/mol. The van der Waals surface area contributed by atoms with Crippen LogP contribution < -0.4 is 5.73 Å². The van der Waals surface area contributed by atoms with E-state index in [0.717, 1.165) is 11.3 Å². The fourth-order valence-electron chi connectivity index (χ4n) is 0.822. The van der Waals surface area contributed by atoms with Gasteiger partial charge in [0.25, 0.3) is 0 Å².